The van der Waals surface area contributed by atoms with Crippen LogP contribution in [0.1, 0.15) is 77.6 Å². The van der Waals surface area contributed by atoms with Crippen LogP contribution in [0.3, 0.4) is 0 Å². The summed E-state index contributed by atoms with van der Waals surface area (Å²) in [6.07, 6.45) is 18.5. The molecule has 0 heterocycles. The number of hydrogen-bond acceptors (Lipinski definition) is 2. The molecule has 0 aliphatic heterocycles. The fourth-order valence-corrected chi connectivity index (χ4v) is 2.14. The lowest BCUT2D eigenvalue weighted by Crippen LogP contribution is -2.00. The summed E-state index contributed by atoms with van der Waals surface area (Å²) in [6.45, 7) is 2.16. The van der Waals surface area contributed by atoms with Crippen molar-refractivity contribution in [3.05, 3.63) is 24.3 Å². The van der Waals surface area contributed by atoms with Gasteiger partial charge in [0.2, 0.25) is 0 Å². The van der Waals surface area contributed by atoms with E-state index >= 15 is 0 Å². The zero-order valence-electron chi connectivity index (χ0n) is 13.5. The molecule has 0 aromatic rings. The maximum absolute atomic E-state index is 10.3. The monoisotopic (exact) mass is 296 g/mol. The first kappa shape index (κ1) is 19.9. The molecule has 122 valence electrons. The zero-order chi connectivity index (χ0) is 15.8. The van der Waals surface area contributed by atoms with Gasteiger partial charge in [0.1, 0.15) is 0 Å². The molecule has 0 amide bonds. The SMILES string of the molecule is CCCCCC(O)/C=C\C=C/CCCCCCCC(=O)O. The van der Waals surface area contributed by atoms with Crippen molar-refractivity contribution >= 4 is 5.97 Å². The van der Waals surface area contributed by atoms with Crippen LogP contribution in [-0.2, 0) is 4.79 Å². The lowest BCUT2D eigenvalue weighted by atomic mass is 10.1. The van der Waals surface area contributed by atoms with E-state index in [-0.39, 0.29) is 6.10 Å². The average molecular weight is 296 g/mol. The highest BCUT2D eigenvalue weighted by Gasteiger charge is 1.97. The molecule has 0 spiro atoms. The molecule has 0 aliphatic carbocycles. The van der Waals surface area contributed by atoms with Gasteiger partial charge in [-0.1, -0.05) is 69.8 Å². The first-order chi connectivity index (χ1) is 10.2. The van der Waals surface area contributed by atoms with Crippen LogP contribution in [0.2, 0.25) is 0 Å². The quantitative estimate of drug-likeness (QED) is 0.355. The summed E-state index contributed by atoms with van der Waals surface area (Å²) < 4.78 is 0. The van der Waals surface area contributed by atoms with Gasteiger partial charge in [-0.15, -0.1) is 0 Å². The van der Waals surface area contributed by atoms with Crippen molar-refractivity contribution < 1.29 is 15.0 Å². The molecular weight excluding hydrogens is 264 g/mol. The van der Waals surface area contributed by atoms with Crippen molar-refractivity contribution in [3.8, 4) is 0 Å². The Bertz CT molecular complexity index is 295. The third-order valence-corrected chi connectivity index (χ3v) is 3.45. The van der Waals surface area contributed by atoms with Gasteiger partial charge < -0.3 is 10.2 Å². The van der Waals surface area contributed by atoms with Gasteiger partial charge >= 0.3 is 5.97 Å². The zero-order valence-corrected chi connectivity index (χ0v) is 13.5. The second-order valence-corrected chi connectivity index (χ2v) is 5.58. The van der Waals surface area contributed by atoms with Gasteiger partial charge in [-0.05, 0) is 25.7 Å². The van der Waals surface area contributed by atoms with E-state index in [4.69, 9.17) is 5.11 Å². The number of allylic oxidation sites excluding steroid dienone is 3. The number of unbranched alkanes of at least 4 members (excludes halogenated alkanes) is 7. The molecule has 0 aromatic carbocycles. The molecule has 1 atom stereocenters. The normalized spacial score (nSPS) is 13.2. The van der Waals surface area contributed by atoms with Crippen LogP contribution in [-0.4, -0.2) is 22.3 Å². The second-order valence-electron chi connectivity index (χ2n) is 5.58. The average Bonchev–Trinajstić information content (AvgIpc) is 2.44. The Kier molecular flexibility index (Phi) is 14.5. The minimum absolute atomic E-state index is 0.297. The van der Waals surface area contributed by atoms with Gasteiger partial charge in [0.15, 0.2) is 0 Å². The molecule has 0 aromatic heterocycles. The summed E-state index contributed by atoms with van der Waals surface area (Å²) in [6, 6.07) is 0. The van der Waals surface area contributed by atoms with Crippen LogP contribution in [0, 0.1) is 0 Å². The van der Waals surface area contributed by atoms with Crippen molar-refractivity contribution in [2.45, 2.75) is 83.7 Å². The lowest BCUT2D eigenvalue weighted by Gasteiger charge is -2.03. The summed E-state index contributed by atoms with van der Waals surface area (Å²) >= 11 is 0. The van der Waals surface area contributed by atoms with Crippen molar-refractivity contribution in [3.63, 3.8) is 0 Å². The first-order valence-corrected chi connectivity index (χ1v) is 8.40. The van der Waals surface area contributed by atoms with Crippen LogP contribution in [0.15, 0.2) is 24.3 Å². The molecule has 0 radical (unpaired) electrons. The molecule has 0 bridgehead atoms. The van der Waals surface area contributed by atoms with E-state index < -0.39 is 5.97 Å². The highest BCUT2D eigenvalue weighted by Crippen LogP contribution is 2.08. The molecule has 0 fully saturated rings. The highest BCUT2D eigenvalue weighted by molar-refractivity contribution is 5.66. The van der Waals surface area contributed by atoms with E-state index in [1.807, 2.05) is 18.2 Å². The largest absolute Gasteiger partial charge is 0.481 e. The Labute approximate surface area is 129 Å². The Hall–Kier alpha value is -1.09. The summed E-state index contributed by atoms with van der Waals surface area (Å²) in [5, 5.41) is 18.2. The fraction of sp³-hybridized carbons (Fsp3) is 0.722. The lowest BCUT2D eigenvalue weighted by molar-refractivity contribution is -0.137. The van der Waals surface area contributed by atoms with Crippen LogP contribution in [0.5, 0.6) is 0 Å². The molecule has 0 aliphatic rings. The predicted molar refractivity (Wildman–Crippen MR) is 88.4 cm³/mol. The van der Waals surface area contributed by atoms with E-state index in [1.165, 1.54) is 12.8 Å². The maximum atomic E-state index is 10.3. The topological polar surface area (TPSA) is 57.5 Å². The molecule has 3 heteroatoms. The standard InChI is InChI=1S/C18H32O3/c1-2-3-11-14-17(19)15-12-9-7-5-4-6-8-10-13-16-18(20)21/h7,9,12,15,17,19H,2-6,8,10-11,13-14,16H2,1H3,(H,20,21)/b9-7-,15-12-. The van der Waals surface area contributed by atoms with E-state index in [2.05, 4.69) is 13.0 Å². The van der Waals surface area contributed by atoms with E-state index in [0.717, 1.165) is 51.4 Å². The Morgan fingerprint density at radius 2 is 1.71 bits per heavy atom. The molecule has 21 heavy (non-hydrogen) atoms. The third-order valence-electron chi connectivity index (χ3n) is 3.45. The molecule has 0 saturated carbocycles. The van der Waals surface area contributed by atoms with Crippen molar-refractivity contribution in [1.82, 2.24) is 0 Å². The van der Waals surface area contributed by atoms with Crippen molar-refractivity contribution in [1.29, 1.82) is 0 Å². The second kappa shape index (κ2) is 15.3. The van der Waals surface area contributed by atoms with Crippen molar-refractivity contribution in [2.75, 3.05) is 0 Å². The number of carboxylic acid groups (broad SMARTS) is 1. The Balaban J connectivity index is 3.37. The van der Waals surface area contributed by atoms with Crippen LogP contribution in [0.25, 0.3) is 0 Å². The molecule has 0 saturated heterocycles. The minimum atomic E-state index is -0.693. The highest BCUT2D eigenvalue weighted by atomic mass is 16.4. The number of aliphatic hydroxyl groups excluding tert-OH is 1. The Morgan fingerprint density at radius 3 is 2.43 bits per heavy atom. The third kappa shape index (κ3) is 16.9. The van der Waals surface area contributed by atoms with E-state index in [1.54, 1.807) is 0 Å². The summed E-state index contributed by atoms with van der Waals surface area (Å²) in [5.41, 5.74) is 0. The summed E-state index contributed by atoms with van der Waals surface area (Å²) in [5.74, 6) is -0.693. The van der Waals surface area contributed by atoms with Gasteiger partial charge in [-0.2, -0.15) is 0 Å². The van der Waals surface area contributed by atoms with Gasteiger partial charge in [0.05, 0.1) is 6.10 Å². The number of aliphatic hydroxyl groups is 1. The molecule has 1 unspecified atom stereocenters. The number of hydrogen-bond donors (Lipinski definition) is 2. The van der Waals surface area contributed by atoms with E-state index in [9.17, 15) is 9.90 Å². The minimum Gasteiger partial charge on any atom is -0.481 e. The molecular formula is C18H32O3. The number of aliphatic carboxylic acids is 1. The summed E-state index contributed by atoms with van der Waals surface area (Å²) in [4.78, 5) is 10.3. The van der Waals surface area contributed by atoms with E-state index in [0.29, 0.717) is 6.42 Å². The maximum Gasteiger partial charge on any atom is 0.303 e. The van der Waals surface area contributed by atoms with Gasteiger partial charge in [-0.3, -0.25) is 4.79 Å². The van der Waals surface area contributed by atoms with Gasteiger partial charge in [0.25, 0.3) is 0 Å². The van der Waals surface area contributed by atoms with Crippen LogP contribution >= 0.6 is 0 Å². The molecule has 3 nitrogen and oxygen atoms in total. The number of rotatable bonds is 14. The smallest absolute Gasteiger partial charge is 0.303 e. The number of carbonyl (C=O) groups is 1. The first-order valence-electron chi connectivity index (χ1n) is 8.40. The van der Waals surface area contributed by atoms with Crippen molar-refractivity contribution in [2.24, 2.45) is 0 Å². The molecule has 2 N–H and O–H groups in total. The Morgan fingerprint density at radius 1 is 1.00 bits per heavy atom. The summed E-state index contributed by atoms with van der Waals surface area (Å²) in [7, 11) is 0. The number of carboxylic acids is 1. The fourth-order valence-electron chi connectivity index (χ4n) is 2.14. The van der Waals surface area contributed by atoms with Gasteiger partial charge in [-0.25, -0.2) is 0 Å². The predicted octanol–water partition coefficient (Wildman–Crippen LogP) is 4.86. The van der Waals surface area contributed by atoms with Gasteiger partial charge in [0, 0.05) is 6.42 Å². The van der Waals surface area contributed by atoms with Crippen LogP contribution < -0.4 is 0 Å². The van der Waals surface area contributed by atoms with Crippen LogP contribution in [0.4, 0.5) is 0 Å². The molecule has 0 rings (SSSR count).